The van der Waals surface area contributed by atoms with Crippen molar-refractivity contribution in [2.75, 3.05) is 4.90 Å². The molecule has 43 heavy (non-hydrogen) atoms. The van der Waals surface area contributed by atoms with E-state index in [0.717, 1.165) is 17.1 Å². The van der Waals surface area contributed by atoms with E-state index in [1.165, 1.54) is 58.4 Å². The first kappa shape index (κ1) is 24.2. The number of anilines is 3. The average molecular weight is 567 g/mol. The molecule has 0 bridgehead atoms. The molecule has 0 fully saturated rings. The summed E-state index contributed by atoms with van der Waals surface area (Å²) in [6.07, 6.45) is 0. The van der Waals surface area contributed by atoms with Crippen LogP contribution in [0.25, 0.3) is 58.4 Å². The topological polar surface area (TPSA) is 8.17 Å². The van der Waals surface area contributed by atoms with Crippen LogP contribution in [0, 0.1) is 0 Å². The summed E-state index contributed by atoms with van der Waals surface area (Å²) in [6.45, 7) is 0. The fourth-order valence-corrected chi connectivity index (χ4v) is 7.79. The third kappa shape index (κ3) is 3.79. The van der Waals surface area contributed by atoms with Gasteiger partial charge in [0.1, 0.15) is 0 Å². The number of para-hydroxylation sites is 2. The number of hydrogen-bond donors (Lipinski definition) is 0. The molecule has 3 heteroatoms. The van der Waals surface area contributed by atoms with Crippen LogP contribution in [0.4, 0.5) is 17.1 Å². The molecule has 2 aromatic heterocycles. The molecular formula is C40H26N2S. The maximum absolute atomic E-state index is 2.46. The Morgan fingerprint density at radius 2 is 1.07 bits per heavy atom. The van der Waals surface area contributed by atoms with Gasteiger partial charge in [0, 0.05) is 53.7 Å². The highest BCUT2D eigenvalue weighted by Crippen LogP contribution is 2.42. The van der Waals surface area contributed by atoms with Crippen molar-refractivity contribution in [2.45, 2.75) is 0 Å². The fourth-order valence-electron chi connectivity index (χ4n) is 6.65. The Morgan fingerprint density at radius 1 is 0.419 bits per heavy atom. The molecule has 9 rings (SSSR count). The normalized spacial score (nSPS) is 11.7. The van der Waals surface area contributed by atoms with Crippen molar-refractivity contribution in [3.63, 3.8) is 0 Å². The summed E-state index contributed by atoms with van der Waals surface area (Å²) in [5, 5.41) is 7.73. The molecule has 0 unspecified atom stereocenters. The molecule has 0 aliphatic heterocycles. The Balaban J connectivity index is 1.36. The number of rotatable bonds is 4. The molecule has 202 valence electrons. The second-order valence-electron chi connectivity index (χ2n) is 11.0. The quantitative estimate of drug-likeness (QED) is 0.206. The van der Waals surface area contributed by atoms with E-state index in [1.807, 2.05) is 11.3 Å². The second-order valence-corrected chi connectivity index (χ2v) is 12.1. The zero-order chi connectivity index (χ0) is 28.3. The lowest BCUT2D eigenvalue weighted by molar-refractivity contribution is 1.18. The highest BCUT2D eigenvalue weighted by atomic mass is 32.1. The van der Waals surface area contributed by atoms with Crippen molar-refractivity contribution in [1.29, 1.82) is 0 Å². The molecule has 2 nitrogen and oxygen atoms in total. The molecule has 0 aliphatic rings. The third-order valence-electron chi connectivity index (χ3n) is 8.55. The summed E-state index contributed by atoms with van der Waals surface area (Å²) in [7, 11) is 0. The van der Waals surface area contributed by atoms with Crippen LogP contribution in [-0.4, -0.2) is 4.57 Å². The van der Waals surface area contributed by atoms with E-state index in [2.05, 4.69) is 167 Å². The van der Waals surface area contributed by atoms with E-state index in [4.69, 9.17) is 0 Å². The SMILES string of the molecule is c1ccc(N(c2ccccc2)c2ccc3c4c5ccccc5ccc4n(-c4ccc5c(c4)sc4ccccc45)c3c2)cc1. The van der Waals surface area contributed by atoms with E-state index in [-0.39, 0.29) is 0 Å². The molecule has 7 aromatic carbocycles. The van der Waals surface area contributed by atoms with Crippen LogP contribution in [0.1, 0.15) is 0 Å². The van der Waals surface area contributed by atoms with E-state index in [0.29, 0.717) is 0 Å². The van der Waals surface area contributed by atoms with Gasteiger partial charge in [-0.05, 0) is 71.4 Å². The largest absolute Gasteiger partial charge is 0.310 e. The molecule has 0 spiro atoms. The third-order valence-corrected chi connectivity index (χ3v) is 9.68. The standard InChI is InChI=1S/C40H26N2S/c1-3-12-28(13-4-1)41(29-14-5-2-6-15-29)30-21-23-35-37(25-30)42(36-24-19-27-11-7-8-16-32(27)40(35)36)31-20-22-34-33-17-9-10-18-38(33)43-39(34)26-31/h1-26H. The van der Waals surface area contributed by atoms with Crippen LogP contribution < -0.4 is 4.90 Å². The van der Waals surface area contributed by atoms with Crippen molar-refractivity contribution in [2.24, 2.45) is 0 Å². The Hall–Kier alpha value is -5.38. The minimum atomic E-state index is 1.13. The summed E-state index contributed by atoms with van der Waals surface area (Å²) < 4.78 is 5.09. The minimum Gasteiger partial charge on any atom is -0.310 e. The van der Waals surface area contributed by atoms with Crippen LogP contribution in [-0.2, 0) is 0 Å². The number of nitrogens with zero attached hydrogens (tertiary/aromatic N) is 2. The molecule has 9 aromatic rings. The van der Waals surface area contributed by atoms with Crippen molar-refractivity contribution in [3.05, 3.63) is 158 Å². The Labute approximate surface area is 253 Å². The van der Waals surface area contributed by atoms with Crippen LogP contribution in [0.2, 0.25) is 0 Å². The molecule has 0 atom stereocenters. The number of benzene rings is 7. The Morgan fingerprint density at radius 3 is 1.86 bits per heavy atom. The molecule has 0 aliphatic carbocycles. The predicted molar refractivity (Wildman–Crippen MR) is 186 cm³/mol. The highest BCUT2D eigenvalue weighted by Gasteiger charge is 2.19. The first-order valence-corrected chi connectivity index (χ1v) is 15.4. The van der Waals surface area contributed by atoms with Gasteiger partial charge in [-0.1, -0.05) is 97.1 Å². The lowest BCUT2D eigenvalue weighted by Gasteiger charge is -2.25. The van der Waals surface area contributed by atoms with Gasteiger partial charge in [-0.2, -0.15) is 0 Å². The van der Waals surface area contributed by atoms with Gasteiger partial charge in [0.2, 0.25) is 0 Å². The van der Waals surface area contributed by atoms with Gasteiger partial charge in [0.15, 0.2) is 0 Å². The molecular weight excluding hydrogens is 541 g/mol. The van der Waals surface area contributed by atoms with E-state index < -0.39 is 0 Å². The highest BCUT2D eigenvalue weighted by molar-refractivity contribution is 7.25. The number of fused-ring (bicyclic) bond motifs is 8. The zero-order valence-electron chi connectivity index (χ0n) is 23.3. The Bertz CT molecular complexity index is 2410. The smallest absolute Gasteiger partial charge is 0.0562 e. The summed E-state index contributed by atoms with van der Waals surface area (Å²) in [5.74, 6) is 0. The van der Waals surface area contributed by atoms with Crippen molar-refractivity contribution >= 4 is 81.1 Å². The van der Waals surface area contributed by atoms with Crippen LogP contribution in [0.5, 0.6) is 0 Å². The molecule has 0 saturated heterocycles. The van der Waals surface area contributed by atoms with E-state index in [1.54, 1.807) is 0 Å². The predicted octanol–water partition coefficient (Wildman–Crippen LogP) is 11.8. The van der Waals surface area contributed by atoms with E-state index in [9.17, 15) is 0 Å². The summed E-state index contributed by atoms with van der Waals surface area (Å²) in [6, 6.07) is 57.2. The lowest BCUT2D eigenvalue weighted by atomic mass is 10.0. The molecule has 2 heterocycles. The monoisotopic (exact) mass is 566 g/mol. The zero-order valence-corrected chi connectivity index (χ0v) is 24.1. The van der Waals surface area contributed by atoms with Gasteiger partial charge in [-0.25, -0.2) is 0 Å². The maximum atomic E-state index is 2.46. The maximum Gasteiger partial charge on any atom is 0.0562 e. The summed E-state index contributed by atoms with van der Waals surface area (Å²) >= 11 is 1.87. The van der Waals surface area contributed by atoms with Gasteiger partial charge >= 0.3 is 0 Å². The fraction of sp³-hybridized carbons (Fsp3) is 0. The van der Waals surface area contributed by atoms with Gasteiger partial charge in [-0.15, -0.1) is 11.3 Å². The number of thiophene rings is 1. The van der Waals surface area contributed by atoms with Crippen molar-refractivity contribution in [1.82, 2.24) is 4.57 Å². The van der Waals surface area contributed by atoms with Crippen molar-refractivity contribution < 1.29 is 0 Å². The molecule has 0 radical (unpaired) electrons. The number of hydrogen-bond acceptors (Lipinski definition) is 2. The molecule has 0 N–H and O–H groups in total. The van der Waals surface area contributed by atoms with Crippen LogP contribution in [0.15, 0.2) is 158 Å². The van der Waals surface area contributed by atoms with E-state index >= 15 is 0 Å². The lowest BCUT2D eigenvalue weighted by Crippen LogP contribution is -2.09. The van der Waals surface area contributed by atoms with Crippen LogP contribution in [0.3, 0.4) is 0 Å². The van der Waals surface area contributed by atoms with Gasteiger partial charge < -0.3 is 9.47 Å². The van der Waals surface area contributed by atoms with Gasteiger partial charge in [0.05, 0.1) is 11.0 Å². The summed E-state index contributed by atoms with van der Waals surface area (Å²) in [4.78, 5) is 2.34. The number of aromatic nitrogens is 1. The first-order chi connectivity index (χ1) is 21.3. The average Bonchev–Trinajstić information content (AvgIpc) is 3.61. The van der Waals surface area contributed by atoms with Gasteiger partial charge in [0.25, 0.3) is 0 Å². The molecule has 0 saturated carbocycles. The second kappa shape index (κ2) is 9.59. The first-order valence-electron chi connectivity index (χ1n) is 14.6. The van der Waals surface area contributed by atoms with Gasteiger partial charge in [-0.3, -0.25) is 0 Å². The minimum absolute atomic E-state index is 1.13. The summed E-state index contributed by atoms with van der Waals surface area (Å²) in [5.41, 5.74) is 6.98. The molecule has 0 amide bonds. The van der Waals surface area contributed by atoms with Crippen LogP contribution >= 0.6 is 11.3 Å². The van der Waals surface area contributed by atoms with Crippen molar-refractivity contribution in [3.8, 4) is 5.69 Å². The Kier molecular flexibility index (Phi) is 5.40.